The number of carbonyl (C=O) groups is 1. The van der Waals surface area contributed by atoms with E-state index in [9.17, 15) is 4.79 Å². The van der Waals surface area contributed by atoms with Gasteiger partial charge in [0.15, 0.2) is 0 Å². The number of hydrogen-bond donors (Lipinski definition) is 1. The maximum Gasteiger partial charge on any atom is 0.226 e. The summed E-state index contributed by atoms with van der Waals surface area (Å²) in [6.45, 7) is 6.58. The molecule has 0 aliphatic rings. The number of amides is 1. The number of ether oxygens (including phenoxy) is 1. The zero-order valence-corrected chi connectivity index (χ0v) is 11.9. The van der Waals surface area contributed by atoms with E-state index in [0.717, 1.165) is 11.3 Å². The number of aliphatic hydroxyl groups excluding tert-OH is 1. The van der Waals surface area contributed by atoms with Gasteiger partial charge in [-0.1, -0.05) is 18.2 Å². The van der Waals surface area contributed by atoms with Crippen molar-refractivity contribution in [2.75, 3.05) is 19.8 Å². The van der Waals surface area contributed by atoms with E-state index in [1.165, 1.54) is 0 Å². The molecule has 0 aliphatic heterocycles. The minimum Gasteiger partial charge on any atom is -0.493 e. The number of aliphatic hydroxyl groups is 1. The van der Waals surface area contributed by atoms with Crippen LogP contribution in [-0.4, -0.2) is 41.7 Å². The molecule has 0 fully saturated rings. The van der Waals surface area contributed by atoms with Gasteiger partial charge in [-0.3, -0.25) is 4.79 Å². The molecule has 4 nitrogen and oxygen atoms in total. The van der Waals surface area contributed by atoms with Crippen LogP contribution in [0.3, 0.4) is 0 Å². The molecule has 1 aromatic carbocycles. The second-order valence-electron chi connectivity index (χ2n) is 4.77. The molecule has 0 atom stereocenters. The van der Waals surface area contributed by atoms with E-state index < -0.39 is 0 Å². The van der Waals surface area contributed by atoms with Gasteiger partial charge in [-0.15, -0.1) is 0 Å². The zero-order chi connectivity index (χ0) is 14.3. The summed E-state index contributed by atoms with van der Waals surface area (Å²) in [5.74, 6) is 0.825. The Morgan fingerprint density at radius 2 is 2.05 bits per heavy atom. The van der Waals surface area contributed by atoms with Crippen LogP contribution in [0.2, 0.25) is 0 Å². The molecule has 0 aliphatic carbocycles. The lowest BCUT2D eigenvalue weighted by Gasteiger charge is -2.26. The molecule has 1 aromatic rings. The van der Waals surface area contributed by atoms with Crippen molar-refractivity contribution in [1.29, 1.82) is 0 Å². The van der Waals surface area contributed by atoms with Crippen molar-refractivity contribution in [3.05, 3.63) is 29.8 Å². The highest BCUT2D eigenvalue weighted by Crippen LogP contribution is 2.16. The number of rotatable bonds is 7. The third-order valence-electron chi connectivity index (χ3n) is 2.95. The summed E-state index contributed by atoms with van der Waals surface area (Å²) >= 11 is 0. The van der Waals surface area contributed by atoms with Gasteiger partial charge in [0.05, 0.1) is 19.6 Å². The van der Waals surface area contributed by atoms with Crippen molar-refractivity contribution in [2.45, 2.75) is 33.2 Å². The van der Waals surface area contributed by atoms with Crippen molar-refractivity contribution in [1.82, 2.24) is 4.90 Å². The molecule has 0 bridgehead atoms. The number of benzene rings is 1. The highest BCUT2D eigenvalue weighted by molar-refractivity contribution is 5.76. The molecule has 1 amide bonds. The van der Waals surface area contributed by atoms with E-state index in [0.29, 0.717) is 19.6 Å². The standard InChI is InChI=1S/C15H23NO3/c1-12(2)16(9-10-17)15(18)8-11-19-14-7-5-4-6-13(14)3/h4-7,12,17H,8-11H2,1-3H3. The Bertz CT molecular complexity index is 404. The van der Waals surface area contributed by atoms with E-state index in [1.807, 2.05) is 45.0 Å². The minimum absolute atomic E-state index is 0.0113. The first kappa shape index (κ1) is 15.5. The summed E-state index contributed by atoms with van der Waals surface area (Å²) in [5, 5.41) is 8.95. The van der Waals surface area contributed by atoms with Gasteiger partial charge in [0.1, 0.15) is 5.75 Å². The fraction of sp³-hybridized carbons (Fsp3) is 0.533. The van der Waals surface area contributed by atoms with E-state index in [1.54, 1.807) is 4.90 Å². The van der Waals surface area contributed by atoms with Gasteiger partial charge in [-0.25, -0.2) is 0 Å². The number of aryl methyl sites for hydroxylation is 1. The first-order chi connectivity index (χ1) is 9.06. The average molecular weight is 265 g/mol. The van der Waals surface area contributed by atoms with Gasteiger partial charge in [-0.2, -0.15) is 0 Å². The molecule has 1 rings (SSSR count). The Balaban J connectivity index is 2.44. The lowest BCUT2D eigenvalue weighted by Crippen LogP contribution is -2.39. The molecule has 0 saturated heterocycles. The fourth-order valence-electron chi connectivity index (χ4n) is 1.89. The highest BCUT2D eigenvalue weighted by Gasteiger charge is 2.16. The number of hydrogen-bond acceptors (Lipinski definition) is 3. The van der Waals surface area contributed by atoms with Crippen molar-refractivity contribution >= 4 is 5.91 Å². The largest absolute Gasteiger partial charge is 0.493 e. The second-order valence-corrected chi connectivity index (χ2v) is 4.77. The molecule has 0 unspecified atom stereocenters. The Kier molecular flexibility index (Phi) is 6.36. The molecular weight excluding hydrogens is 242 g/mol. The van der Waals surface area contributed by atoms with Crippen molar-refractivity contribution in [2.24, 2.45) is 0 Å². The predicted molar refractivity (Wildman–Crippen MR) is 75.2 cm³/mol. The molecule has 0 aromatic heterocycles. The molecular formula is C15H23NO3. The molecule has 0 saturated carbocycles. The molecule has 0 radical (unpaired) electrons. The molecule has 19 heavy (non-hydrogen) atoms. The first-order valence-electron chi connectivity index (χ1n) is 6.65. The molecule has 0 heterocycles. The molecule has 4 heteroatoms. The fourth-order valence-corrected chi connectivity index (χ4v) is 1.89. The minimum atomic E-state index is -0.0113. The maximum atomic E-state index is 12.0. The summed E-state index contributed by atoms with van der Waals surface area (Å²) < 4.78 is 5.61. The van der Waals surface area contributed by atoms with Crippen LogP contribution in [-0.2, 0) is 4.79 Å². The topological polar surface area (TPSA) is 49.8 Å². The van der Waals surface area contributed by atoms with Gasteiger partial charge in [0, 0.05) is 12.6 Å². The quantitative estimate of drug-likeness (QED) is 0.820. The average Bonchev–Trinajstić information content (AvgIpc) is 2.37. The lowest BCUT2D eigenvalue weighted by atomic mass is 10.2. The predicted octanol–water partition coefficient (Wildman–Crippen LogP) is 1.99. The van der Waals surface area contributed by atoms with Gasteiger partial charge in [0.25, 0.3) is 0 Å². The van der Waals surface area contributed by atoms with E-state index >= 15 is 0 Å². The maximum absolute atomic E-state index is 12.0. The monoisotopic (exact) mass is 265 g/mol. The van der Waals surface area contributed by atoms with E-state index in [2.05, 4.69) is 0 Å². The van der Waals surface area contributed by atoms with Gasteiger partial charge in [-0.05, 0) is 32.4 Å². The summed E-state index contributed by atoms with van der Waals surface area (Å²) in [4.78, 5) is 13.7. The first-order valence-corrected chi connectivity index (χ1v) is 6.65. The normalized spacial score (nSPS) is 10.6. The smallest absolute Gasteiger partial charge is 0.226 e. The van der Waals surface area contributed by atoms with Crippen LogP contribution in [0, 0.1) is 6.92 Å². The van der Waals surface area contributed by atoms with Gasteiger partial charge < -0.3 is 14.7 Å². The van der Waals surface area contributed by atoms with Gasteiger partial charge >= 0.3 is 0 Å². The third kappa shape index (κ3) is 4.91. The third-order valence-corrected chi connectivity index (χ3v) is 2.95. The second kappa shape index (κ2) is 7.79. The Morgan fingerprint density at radius 3 is 2.63 bits per heavy atom. The van der Waals surface area contributed by atoms with Crippen LogP contribution in [0.5, 0.6) is 5.75 Å². The van der Waals surface area contributed by atoms with Crippen molar-refractivity contribution in [3.63, 3.8) is 0 Å². The zero-order valence-electron chi connectivity index (χ0n) is 11.9. The van der Waals surface area contributed by atoms with Gasteiger partial charge in [0.2, 0.25) is 5.91 Å². The Labute approximate surface area is 115 Å². The van der Waals surface area contributed by atoms with Crippen molar-refractivity contribution < 1.29 is 14.6 Å². The molecule has 1 N–H and O–H groups in total. The van der Waals surface area contributed by atoms with Crippen LogP contribution in [0.1, 0.15) is 25.8 Å². The van der Waals surface area contributed by atoms with E-state index in [4.69, 9.17) is 9.84 Å². The van der Waals surface area contributed by atoms with Crippen LogP contribution in [0.25, 0.3) is 0 Å². The summed E-state index contributed by atoms with van der Waals surface area (Å²) in [5.41, 5.74) is 1.06. The van der Waals surface area contributed by atoms with Crippen molar-refractivity contribution in [3.8, 4) is 5.75 Å². The van der Waals surface area contributed by atoms with Crippen LogP contribution in [0.4, 0.5) is 0 Å². The number of para-hydroxylation sites is 1. The number of carbonyl (C=O) groups excluding carboxylic acids is 1. The summed E-state index contributed by atoms with van der Waals surface area (Å²) in [6, 6.07) is 7.83. The van der Waals surface area contributed by atoms with Crippen LogP contribution < -0.4 is 4.74 Å². The number of nitrogens with zero attached hydrogens (tertiary/aromatic N) is 1. The summed E-state index contributed by atoms with van der Waals surface area (Å²) in [7, 11) is 0. The lowest BCUT2D eigenvalue weighted by molar-refractivity contribution is -0.133. The Hall–Kier alpha value is -1.55. The Morgan fingerprint density at radius 1 is 1.37 bits per heavy atom. The van der Waals surface area contributed by atoms with Crippen LogP contribution in [0.15, 0.2) is 24.3 Å². The molecule has 0 spiro atoms. The summed E-state index contributed by atoms with van der Waals surface area (Å²) in [6.07, 6.45) is 0.326. The molecule has 106 valence electrons. The SMILES string of the molecule is Cc1ccccc1OCCC(=O)N(CCO)C(C)C. The highest BCUT2D eigenvalue weighted by atomic mass is 16.5. The van der Waals surface area contributed by atoms with Crippen LogP contribution >= 0.6 is 0 Å². The van der Waals surface area contributed by atoms with E-state index in [-0.39, 0.29) is 18.6 Å².